The minimum absolute atomic E-state index is 0.147. The molecule has 0 fully saturated rings. The maximum Gasteiger partial charge on any atom is 0.220 e. The number of rotatable bonds is 7. The Morgan fingerprint density at radius 2 is 1.48 bits per heavy atom. The molecule has 0 radical (unpaired) electrons. The molecule has 0 heterocycles. The van der Waals surface area contributed by atoms with E-state index in [9.17, 15) is 4.79 Å². The van der Waals surface area contributed by atoms with Crippen LogP contribution in [0.1, 0.15) is 43.2 Å². The molecule has 0 aromatic heterocycles. The number of unbranched alkanes of at least 4 members (excludes halogenated alkanes) is 1. The Kier molecular flexibility index (Phi) is 6.01. The van der Waals surface area contributed by atoms with Crippen LogP contribution in [0.3, 0.4) is 0 Å². The zero-order chi connectivity index (χ0) is 14.9. The fraction of sp³-hybridized carbons (Fsp3) is 0.316. The van der Waals surface area contributed by atoms with Gasteiger partial charge < -0.3 is 5.32 Å². The molecule has 2 rings (SSSR count). The maximum atomic E-state index is 11.9. The van der Waals surface area contributed by atoms with E-state index in [1.807, 2.05) is 36.4 Å². The molecule has 0 saturated carbocycles. The molecule has 0 aliphatic rings. The molecule has 2 aromatic rings. The summed E-state index contributed by atoms with van der Waals surface area (Å²) in [5.74, 6) is 0.353. The fourth-order valence-electron chi connectivity index (χ4n) is 2.44. The van der Waals surface area contributed by atoms with Crippen molar-refractivity contribution < 1.29 is 4.79 Å². The monoisotopic (exact) mass is 281 g/mol. The van der Waals surface area contributed by atoms with Crippen molar-refractivity contribution in [2.45, 2.75) is 32.1 Å². The van der Waals surface area contributed by atoms with Crippen LogP contribution in [0.2, 0.25) is 0 Å². The molecule has 0 spiro atoms. The van der Waals surface area contributed by atoms with Gasteiger partial charge in [0.25, 0.3) is 0 Å². The van der Waals surface area contributed by atoms with Crippen LogP contribution in [-0.2, 0) is 4.79 Å². The number of amides is 1. The molecule has 0 saturated heterocycles. The predicted octanol–water partition coefficient (Wildman–Crippen LogP) is 4.12. The molecular weight excluding hydrogens is 258 g/mol. The van der Waals surface area contributed by atoms with E-state index >= 15 is 0 Å². The van der Waals surface area contributed by atoms with Gasteiger partial charge in [0, 0.05) is 18.9 Å². The Balaban J connectivity index is 2.09. The summed E-state index contributed by atoms with van der Waals surface area (Å²) >= 11 is 0. The van der Waals surface area contributed by atoms with Crippen molar-refractivity contribution in [2.24, 2.45) is 0 Å². The largest absolute Gasteiger partial charge is 0.355 e. The summed E-state index contributed by atoms with van der Waals surface area (Å²) in [4.78, 5) is 11.9. The molecular formula is C19H23NO. The third-order valence-corrected chi connectivity index (χ3v) is 3.66. The van der Waals surface area contributed by atoms with E-state index in [2.05, 4.69) is 36.5 Å². The minimum Gasteiger partial charge on any atom is -0.355 e. The highest BCUT2D eigenvalue weighted by molar-refractivity contribution is 5.75. The average molecular weight is 281 g/mol. The van der Waals surface area contributed by atoms with Crippen molar-refractivity contribution >= 4 is 5.91 Å². The lowest BCUT2D eigenvalue weighted by molar-refractivity contribution is -0.121. The Bertz CT molecular complexity index is 497. The van der Waals surface area contributed by atoms with Crippen molar-refractivity contribution in [3.8, 4) is 0 Å². The smallest absolute Gasteiger partial charge is 0.220 e. The first kappa shape index (κ1) is 15.3. The van der Waals surface area contributed by atoms with E-state index in [1.165, 1.54) is 11.1 Å². The molecule has 0 bridgehead atoms. The third-order valence-electron chi connectivity index (χ3n) is 3.66. The van der Waals surface area contributed by atoms with Crippen LogP contribution in [0.4, 0.5) is 0 Å². The summed E-state index contributed by atoms with van der Waals surface area (Å²) in [6.07, 6.45) is 2.62. The second-order valence-electron chi connectivity index (χ2n) is 5.28. The highest BCUT2D eigenvalue weighted by atomic mass is 16.1. The van der Waals surface area contributed by atoms with E-state index in [0.29, 0.717) is 13.0 Å². The highest BCUT2D eigenvalue weighted by Crippen LogP contribution is 2.23. The van der Waals surface area contributed by atoms with Gasteiger partial charge in [-0.25, -0.2) is 0 Å². The molecule has 21 heavy (non-hydrogen) atoms. The first-order valence-electron chi connectivity index (χ1n) is 7.68. The SMILES string of the molecule is CCCCC(=O)NCC(c1ccccc1)c1ccccc1. The Morgan fingerprint density at radius 1 is 0.952 bits per heavy atom. The lowest BCUT2D eigenvalue weighted by Gasteiger charge is -2.19. The first-order valence-corrected chi connectivity index (χ1v) is 7.68. The van der Waals surface area contributed by atoms with E-state index in [1.54, 1.807) is 0 Å². The van der Waals surface area contributed by atoms with Gasteiger partial charge in [-0.05, 0) is 17.5 Å². The van der Waals surface area contributed by atoms with Crippen LogP contribution in [0.15, 0.2) is 60.7 Å². The second kappa shape index (κ2) is 8.25. The Morgan fingerprint density at radius 3 is 1.95 bits per heavy atom. The number of carbonyl (C=O) groups is 1. The van der Waals surface area contributed by atoms with Crippen LogP contribution < -0.4 is 5.32 Å². The van der Waals surface area contributed by atoms with E-state index in [-0.39, 0.29) is 11.8 Å². The van der Waals surface area contributed by atoms with Crippen molar-refractivity contribution in [1.82, 2.24) is 5.32 Å². The van der Waals surface area contributed by atoms with Gasteiger partial charge in [0.2, 0.25) is 5.91 Å². The zero-order valence-corrected chi connectivity index (χ0v) is 12.6. The average Bonchev–Trinajstić information content (AvgIpc) is 2.55. The summed E-state index contributed by atoms with van der Waals surface area (Å²) in [6, 6.07) is 20.7. The van der Waals surface area contributed by atoms with Crippen LogP contribution in [-0.4, -0.2) is 12.5 Å². The lowest BCUT2D eigenvalue weighted by Crippen LogP contribution is -2.28. The van der Waals surface area contributed by atoms with E-state index in [0.717, 1.165) is 12.8 Å². The molecule has 1 N–H and O–H groups in total. The summed E-state index contributed by atoms with van der Waals surface area (Å²) in [6.45, 7) is 2.75. The molecule has 0 atom stereocenters. The van der Waals surface area contributed by atoms with E-state index < -0.39 is 0 Å². The van der Waals surface area contributed by atoms with Crippen molar-refractivity contribution in [1.29, 1.82) is 0 Å². The van der Waals surface area contributed by atoms with Crippen LogP contribution in [0, 0.1) is 0 Å². The summed E-state index contributed by atoms with van der Waals surface area (Å²) < 4.78 is 0. The number of hydrogen-bond acceptors (Lipinski definition) is 1. The fourth-order valence-corrected chi connectivity index (χ4v) is 2.44. The van der Waals surface area contributed by atoms with Gasteiger partial charge >= 0.3 is 0 Å². The van der Waals surface area contributed by atoms with E-state index in [4.69, 9.17) is 0 Å². The summed E-state index contributed by atoms with van der Waals surface area (Å²) in [5.41, 5.74) is 2.47. The lowest BCUT2D eigenvalue weighted by atomic mass is 9.91. The normalized spacial score (nSPS) is 10.6. The topological polar surface area (TPSA) is 29.1 Å². The van der Waals surface area contributed by atoms with Gasteiger partial charge in [-0.1, -0.05) is 74.0 Å². The molecule has 110 valence electrons. The van der Waals surface area contributed by atoms with Gasteiger partial charge in [0.15, 0.2) is 0 Å². The van der Waals surface area contributed by atoms with Crippen LogP contribution in [0.5, 0.6) is 0 Å². The second-order valence-corrected chi connectivity index (χ2v) is 5.28. The zero-order valence-electron chi connectivity index (χ0n) is 12.6. The van der Waals surface area contributed by atoms with Gasteiger partial charge in [-0.15, -0.1) is 0 Å². The van der Waals surface area contributed by atoms with Crippen LogP contribution in [0.25, 0.3) is 0 Å². The number of hydrogen-bond donors (Lipinski definition) is 1. The maximum absolute atomic E-state index is 11.9. The number of benzene rings is 2. The number of nitrogens with one attached hydrogen (secondary N) is 1. The molecule has 0 aliphatic carbocycles. The van der Waals surface area contributed by atoms with Gasteiger partial charge in [0.1, 0.15) is 0 Å². The Hall–Kier alpha value is -2.09. The molecule has 2 nitrogen and oxygen atoms in total. The third kappa shape index (κ3) is 4.75. The minimum atomic E-state index is 0.147. The highest BCUT2D eigenvalue weighted by Gasteiger charge is 2.14. The van der Waals surface area contributed by atoms with Gasteiger partial charge in [-0.3, -0.25) is 4.79 Å². The molecule has 2 heteroatoms. The Labute approximate surface area is 127 Å². The van der Waals surface area contributed by atoms with Gasteiger partial charge in [0.05, 0.1) is 0 Å². The standard InChI is InChI=1S/C19H23NO/c1-2-3-14-19(21)20-15-18(16-10-6-4-7-11-16)17-12-8-5-9-13-17/h4-13,18H,2-3,14-15H2,1H3,(H,20,21). The predicted molar refractivity (Wildman–Crippen MR) is 87.3 cm³/mol. The molecule has 2 aromatic carbocycles. The first-order chi connectivity index (χ1) is 10.3. The van der Waals surface area contributed by atoms with Gasteiger partial charge in [-0.2, -0.15) is 0 Å². The van der Waals surface area contributed by atoms with Crippen LogP contribution >= 0.6 is 0 Å². The number of carbonyl (C=O) groups excluding carboxylic acids is 1. The van der Waals surface area contributed by atoms with Crippen molar-refractivity contribution in [3.05, 3.63) is 71.8 Å². The molecule has 0 aliphatic heterocycles. The molecule has 1 amide bonds. The summed E-state index contributed by atoms with van der Waals surface area (Å²) in [7, 11) is 0. The molecule has 0 unspecified atom stereocenters. The summed E-state index contributed by atoms with van der Waals surface area (Å²) in [5, 5.41) is 3.08. The quantitative estimate of drug-likeness (QED) is 0.812. The van der Waals surface area contributed by atoms with Crippen molar-refractivity contribution in [2.75, 3.05) is 6.54 Å². The van der Waals surface area contributed by atoms with Crippen molar-refractivity contribution in [3.63, 3.8) is 0 Å².